The molecule has 0 amide bonds. The van der Waals surface area contributed by atoms with Crippen LogP contribution in [-0.2, 0) is 13.1 Å². The lowest BCUT2D eigenvalue weighted by Gasteiger charge is -2.34. The van der Waals surface area contributed by atoms with Gasteiger partial charge in [-0.15, -0.1) is 0 Å². The number of furan rings is 1. The zero-order chi connectivity index (χ0) is 12.3. The number of hydrogen-bond acceptors (Lipinski definition) is 4. The van der Waals surface area contributed by atoms with E-state index in [9.17, 15) is 0 Å². The van der Waals surface area contributed by atoms with E-state index in [1.54, 1.807) is 6.26 Å². The van der Waals surface area contributed by atoms with Gasteiger partial charge in [-0.2, -0.15) is 11.8 Å². The highest BCUT2D eigenvalue weighted by atomic mass is 32.2. The largest absolute Gasteiger partial charge is 0.468 e. The van der Waals surface area contributed by atoms with E-state index in [1.807, 2.05) is 7.05 Å². The van der Waals surface area contributed by atoms with Crippen LogP contribution in [0, 0.1) is 0 Å². The van der Waals surface area contributed by atoms with Crippen molar-refractivity contribution < 1.29 is 4.42 Å². The van der Waals surface area contributed by atoms with Crippen LogP contribution >= 0.6 is 11.8 Å². The summed E-state index contributed by atoms with van der Waals surface area (Å²) < 4.78 is 5.60. The summed E-state index contributed by atoms with van der Waals surface area (Å²) >= 11 is 2.09. The highest BCUT2D eigenvalue weighted by molar-refractivity contribution is 8.00. The molecule has 0 saturated carbocycles. The molecule has 2 atom stereocenters. The fourth-order valence-electron chi connectivity index (χ4n) is 2.47. The van der Waals surface area contributed by atoms with Crippen molar-refractivity contribution in [3.05, 3.63) is 23.7 Å². The molecule has 2 heterocycles. The van der Waals surface area contributed by atoms with E-state index in [0.29, 0.717) is 0 Å². The molecule has 2 rings (SSSR count). The lowest BCUT2D eigenvalue weighted by atomic mass is 10.2. The summed E-state index contributed by atoms with van der Waals surface area (Å²) in [6, 6.07) is 2.07. The van der Waals surface area contributed by atoms with Gasteiger partial charge in [-0.05, 0) is 13.1 Å². The van der Waals surface area contributed by atoms with Gasteiger partial charge in [-0.25, -0.2) is 0 Å². The molecule has 1 aliphatic heterocycles. The van der Waals surface area contributed by atoms with Crippen LogP contribution in [0.3, 0.4) is 0 Å². The summed E-state index contributed by atoms with van der Waals surface area (Å²) in [5, 5.41) is 4.63. The monoisotopic (exact) mass is 254 g/mol. The molecule has 96 valence electrons. The van der Waals surface area contributed by atoms with Gasteiger partial charge in [0.1, 0.15) is 5.76 Å². The maximum Gasteiger partial charge on any atom is 0.122 e. The van der Waals surface area contributed by atoms with Gasteiger partial charge < -0.3 is 9.73 Å². The van der Waals surface area contributed by atoms with Crippen molar-refractivity contribution in [2.75, 3.05) is 20.1 Å². The maximum absolute atomic E-state index is 5.60. The predicted octanol–water partition coefficient (Wildman–Crippen LogP) is 2.32. The van der Waals surface area contributed by atoms with Crippen LogP contribution < -0.4 is 5.32 Å². The van der Waals surface area contributed by atoms with Gasteiger partial charge in [0.15, 0.2) is 0 Å². The number of nitrogens with one attached hydrogen (secondary N) is 1. The van der Waals surface area contributed by atoms with Gasteiger partial charge in [0, 0.05) is 35.7 Å². The van der Waals surface area contributed by atoms with Gasteiger partial charge in [0.25, 0.3) is 0 Å². The molecule has 0 aliphatic carbocycles. The summed E-state index contributed by atoms with van der Waals surface area (Å²) in [5.74, 6) is 1.12. The zero-order valence-electron chi connectivity index (χ0n) is 10.9. The highest BCUT2D eigenvalue weighted by Gasteiger charge is 2.23. The first kappa shape index (κ1) is 13.0. The third kappa shape index (κ3) is 3.50. The van der Waals surface area contributed by atoms with Gasteiger partial charge >= 0.3 is 0 Å². The standard InChI is InChI=1S/C13H22N2OS/c1-10-7-15(8-11(2)17-10)9-13-12(6-14-3)4-5-16-13/h4-5,10-11,14H,6-9H2,1-3H3. The van der Waals surface area contributed by atoms with Gasteiger partial charge in [0.05, 0.1) is 12.8 Å². The number of nitrogens with zero attached hydrogens (tertiary/aromatic N) is 1. The van der Waals surface area contributed by atoms with Crippen LogP contribution in [0.2, 0.25) is 0 Å². The van der Waals surface area contributed by atoms with Crippen molar-refractivity contribution in [3.63, 3.8) is 0 Å². The average molecular weight is 254 g/mol. The van der Waals surface area contributed by atoms with Gasteiger partial charge in [-0.3, -0.25) is 4.90 Å². The Morgan fingerprint density at radius 2 is 2.12 bits per heavy atom. The third-order valence-corrected chi connectivity index (χ3v) is 4.29. The van der Waals surface area contributed by atoms with Crippen LogP contribution in [-0.4, -0.2) is 35.5 Å². The Morgan fingerprint density at radius 3 is 2.76 bits per heavy atom. The molecule has 0 radical (unpaired) electrons. The summed E-state index contributed by atoms with van der Waals surface area (Å²) in [5.41, 5.74) is 1.28. The lowest BCUT2D eigenvalue weighted by molar-refractivity contribution is 0.240. The number of thioether (sulfide) groups is 1. The maximum atomic E-state index is 5.60. The summed E-state index contributed by atoms with van der Waals surface area (Å²) in [7, 11) is 1.97. The molecule has 17 heavy (non-hydrogen) atoms. The SMILES string of the molecule is CNCc1ccoc1CN1CC(C)SC(C)C1. The van der Waals surface area contributed by atoms with E-state index < -0.39 is 0 Å². The summed E-state index contributed by atoms with van der Waals surface area (Å²) in [6.07, 6.45) is 1.80. The van der Waals surface area contributed by atoms with E-state index in [1.165, 1.54) is 5.56 Å². The van der Waals surface area contributed by atoms with E-state index in [2.05, 4.69) is 41.9 Å². The van der Waals surface area contributed by atoms with Gasteiger partial charge in [-0.1, -0.05) is 13.8 Å². The average Bonchev–Trinajstić information content (AvgIpc) is 2.65. The van der Waals surface area contributed by atoms with E-state index in [-0.39, 0.29) is 0 Å². The number of hydrogen-bond donors (Lipinski definition) is 1. The smallest absolute Gasteiger partial charge is 0.122 e. The molecule has 2 unspecified atom stereocenters. The first-order chi connectivity index (χ1) is 8.19. The molecule has 1 aliphatic rings. The molecule has 1 aromatic heterocycles. The van der Waals surface area contributed by atoms with Crippen molar-refractivity contribution in [1.29, 1.82) is 0 Å². The second-order valence-electron chi connectivity index (χ2n) is 4.85. The van der Waals surface area contributed by atoms with Crippen molar-refractivity contribution in [1.82, 2.24) is 10.2 Å². The summed E-state index contributed by atoms with van der Waals surface area (Å²) in [4.78, 5) is 2.50. The van der Waals surface area contributed by atoms with Crippen LogP contribution in [0.15, 0.2) is 16.7 Å². The van der Waals surface area contributed by atoms with Crippen molar-refractivity contribution in [2.45, 2.75) is 37.4 Å². The molecule has 0 bridgehead atoms. The molecule has 4 heteroatoms. The van der Waals surface area contributed by atoms with Crippen LogP contribution in [0.25, 0.3) is 0 Å². The third-order valence-electron chi connectivity index (χ3n) is 3.07. The predicted molar refractivity (Wildman–Crippen MR) is 73.3 cm³/mol. The van der Waals surface area contributed by atoms with Gasteiger partial charge in [0.2, 0.25) is 0 Å². The van der Waals surface area contributed by atoms with E-state index in [4.69, 9.17) is 4.42 Å². The van der Waals surface area contributed by atoms with E-state index in [0.717, 1.165) is 42.4 Å². The van der Waals surface area contributed by atoms with Crippen molar-refractivity contribution in [2.24, 2.45) is 0 Å². The second-order valence-corrected chi connectivity index (χ2v) is 6.73. The molecule has 1 aromatic rings. The first-order valence-electron chi connectivity index (χ1n) is 6.26. The molecular weight excluding hydrogens is 232 g/mol. The summed E-state index contributed by atoms with van der Waals surface area (Å²) in [6.45, 7) is 8.77. The topological polar surface area (TPSA) is 28.4 Å². The molecule has 1 fully saturated rings. The zero-order valence-corrected chi connectivity index (χ0v) is 11.7. The molecule has 3 nitrogen and oxygen atoms in total. The molecule has 0 aromatic carbocycles. The highest BCUT2D eigenvalue weighted by Crippen LogP contribution is 2.26. The minimum absolute atomic E-state index is 0.724. The first-order valence-corrected chi connectivity index (χ1v) is 7.21. The Balaban J connectivity index is 1.97. The minimum atomic E-state index is 0.724. The Labute approximate surface area is 108 Å². The Kier molecular flexibility index (Phi) is 4.54. The Morgan fingerprint density at radius 1 is 1.41 bits per heavy atom. The molecule has 0 spiro atoms. The molecular formula is C13H22N2OS. The number of rotatable bonds is 4. The van der Waals surface area contributed by atoms with Crippen LogP contribution in [0.5, 0.6) is 0 Å². The minimum Gasteiger partial charge on any atom is -0.468 e. The molecule has 1 N–H and O–H groups in total. The van der Waals surface area contributed by atoms with E-state index >= 15 is 0 Å². The fraction of sp³-hybridized carbons (Fsp3) is 0.692. The second kappa shape index (κ2) is 5.94. The Hall–Kier alpha value is -0.450. The van der Waals surface area contributed by atoms with Crippen molar-refractivity contribution >= 4 is 11.8 Å². The molecule has 1 saturated heterocycles. The quantitative estimate of drug-likeness (QED) is 0.892. The Bertz CT molecular complexity index is 343. The van der Waals surface area contributed by atoms with Crippen molar-refractivity contribution in [3.8, 4) is 0 Å². The lowest BCUT2D eigenvalue weighted by Crippen LogP contribution is -2.39. The van der Waals surface area contributed by atoms with Crippen LogP contribution in [0.1, 0.15) is 25.2 Å². The van der Waals surface area contributed by atoms with Crippen LogP contribution in [0.4, 0.5) is 0 Å². The normalized spacial score (nSPS) is 26.3. The fourth-order valence-corrected chi connectivity index (χ4v) is 3.86.